The van der Waals surface area contributed by atoms with Crippen LogP contribution in [0.5, 0.6) is 0 Å². The highest BCUT2D eigenvalue weighted by Crippen LogP contribution is 2.30. The number of anilines is 1. The minimum absolute atomic E-state index is 0.0769. The Kier molecular flexibility index (Phi) is 4.06. The molecule has 0 atom stereocenters. The molecule has 0 unspecified atom stereocenters. The van der Waals surface area contributed by atoms with Crippen molar-refractivity contribution in [2.24, 2.45) is 0 Å². The lowest BCUT2D eigenvalue weighted by molar-refractivity contribution is -0.141. The molecule has 2 rings (SSSR count). The van der Waals surface area contributed by atoms with Crippen LogP contribution in [0.15, 0.2) is 36.7 Å². The minimum Gasteiger partial charge on any atom is -0.478 e. The van der Waals surface area contributed by atoms with E-state index < -0.39 is 29.3 Å². The van der Waals surface area contributed by atoms with Gasteiger partial charge in [-0.25, -0.2) is 9.78 Å². The van der Waals surface area contributed by atoms with Gasteiger partial charge < -0.3 is 10.4 Å². The first-order chi connectivity index (χ1) is 10.3. The molecular formula is C13H8F3N3O3. The van der Waals surface area contributed by atoms with Gasteiger partial charge in [-0.3, -0.25) is 9.78 Å². The summed E-state index contributed by atoms with van der Waals surface area (Å²) in [6.45, 7) is 0. The molecule has 2 heterocycles. The number of rotatable bonds is 3. The normalized spacial score (nSPS) is 11.0. The van der Waals surface area contributed by atoms with E-state index in [0.29, 0.717) is 0 Å². The Morgan fingerprint density at radius 3 is 2.41 bits per heavy atom. The van der Waals surface area contributed by atoms with E-state index in [2.05, 4.69) is 15.3 Å². The molecule has 2 aromatic rings. The van der Waals surface area contributed by atoms with Crippen molar-refractivity contribution in [3.05, 3.63) is 53.5 Å². The standard InChI is InChI=1S/C13H8F3N3O3/c14-13(15,16)10-8(2-1-5-17-10)11(20)19-9-4-3-7(6-18-9)12(21)22/h1-6H,(H,21,22)(H,18,19,20). The zero-order valence-electron chi connectivity index (χ0n) is 10.8. The largest absolute Gasteiger partial charge is 0.478 e. The summed E-state index contributed by atoms with van der Waals surface area (Å²) in [7, 11) is 0. The van der Waals surface area contributed by atoms with Crippen molar-refractivity contribution in [3.63, 3.8) is 0 Å². The summed E-state index contributed by atoms with van der Waals surface area (Å²) in [5.41, 5.74) is -2.08. The van der Waals surface area contributed by atoms with E-state index in [1.54, 1.807) is 0 Å². The van der Waals surface area contributed by atoms with Crippen LogP contribution in [0.1, 0.15) is 26.4 Å². The summed E-state index contributed by atoms with van der Waals surface area (Å²) in [5.74, 6) is -2.33. The number of halogens is 3. The average molecular weight is 311 g/mol. The Labute approximate surface area is 121 Å². The van der Waals surface area contributed by atoms with E-state index in [-0.39, 0.29) is 11.4 Å². The lowest BCUT2D eigenvalue weighted by Crippen LogP contribution is -2.20. The van der Waals surface area contributed by atoms with E-state index in [4.69, 9.17) is 5.11 Å². The molecule has 0 saturated heterocycles. The predicted molar refractivity (Wildman–Crippen MR) is 68.4 cm³/mol. The smallest absolute Gasteiger partial charge is 0.434 e. The van der Waals surface area contributed by atoms with Gasteiger partial charge in [0.1, 0.15) is 5.82 Å². The van der Waals surface area contributed by atoms with Crippen molar-refractivity contribution >= 4 is 17.7 Å². The second kappa shape index (κ2) is 5.80. The summed E-state index contributed by atoms with van der Waals surface area (Å²) in [6, 6.07) is 4.52. The van der Waals surface area contributed by atoms with Crippen molar-refractivity contribution in [1.29, 1.82) is 0 Å². The molecule has 9 heteroatoms. The summed E-state index contributed by atoms with van der Waals surface area (Å²) in [6.07, 6.45) is -2.86. The molecule has 0 bridgehead atoms. The van der Waals surface area contributed by atoms with Gasteiger partial charge in [0.05, 0.1) is 11.1 Å². The Bertz CT molecular complexity index is 714. The number of carboxylic acid groups (broad SMARTS) is 1. The number of hydrogen-bond acceptors (Lipinski definition) is 4. The summed E-state index contributed by atoms with van der Waals surface area (Å²) in [5, 5.41) is 10.9. The van der Waals surface area contributed by atoms with E-state index in [1.165, 1.54) is 18.2 Å². The molecule has 114 valence electrons. The van der Waals surface area contributed by atoms with Gasteiger partial charge in [0.2, 0.25) is 0 Å². The molecule has 0 aromatic carbocycles. The van der Waals surface area contributed by atoms with Crippen LogP contribution in [-0.2, 0) is 6.18 Å². The van der Waals surface area contributed by atoms with E-state index >= 15 is 0 Å². The number of carboxylic acids is 1. The fraction of sp³-hybridized carbons (Fsp3) is 0.0769. The first-order valence-electron chi connectivity index (χ1n) is 5.82. The van der Waals surface area contributed by atoms with Gasteiger partial charge in [-0.2, -0.15) is 13.2 Å². The van der Waals surface area contributed by atoms with Crippen LogP contribution in [0.4, 0.5) is 19.0 Å². The molecule has 0 aliphatic heterocycles. The van der Waals surface area contributed by atoms with Crippen LogP contribution in [0.3, 0.4) is 0 Å². The second-order valence-corrected chi connectivity index (χ2v) is 4.09. The van der Waals surface area contributed by atoms with Crippen molar-refractivity contribution in [2.45, 2.75) is 6.18 Å². The SMILES string of the molecule is O=C(O)c1ccc(NC(=O)c2cccnc2C(F)(F)F)nc1. The van der Waals surface area contributed by atoms with E-state index in [1.807, 2.05) is 0 Å². The molecule has 2 N–H and O–H groups in total. The predicted octanol–water partition coefficient (Wildman–Crippen LogP) is 2.45. The number of hydrogen-bond donors (Lipinski definition) is 2. The molecule has 0 spiro atoms. The number of aromatic carboxylic acids is 1. The monoisotopic (exact) mass is 311 g/mol. The summed E-state index contributed by atoms with van der Waals surface area (Å²) in [4.78, 5) is 29.4. The zero-order chi connectivity index (χ0) is 16.3. The number of carbonyl (C=O) groups excluding carboxylic acids is 1. The molecule has 2 aromatic heterocycles. The molecule has 0 fully saturated rings. The molecular weight excluding hydrogens is 303 g/mol. The number of amides is 1. The molecule has 6 nitrogen and oxygen atoms in total. The van der Waals surface area contributed by atoms with Gasteiger partial charge in [0, 0.05) is 12.4 Å². The Morgan fingerprint density at radius 2 is 1.86 bits per heavy atom. The average Bonchev–Trinajstić information content (AvgIpc) is 2.47. The third-order valence-corrected chi connectivity index (χ3v) is 2.57. The number of aromatic nitrogens is 2. The van der Waals surface area contributed by atoms with Gasteiger partial charge in [-0.1, -0.05) is 0 Å². The lowest BCUT2D eigenvalue weighted by atomic mass is 10.1. The summed E-state index contributed by atoms with van der Waals surface area (Å²) < 4.78 is 38.3. The van der Waals surface area contributed by atoms with Crippen LogP contribution < -0.4 is 5.32 Å². The number of nitrogens with zero attached hydrogens (tertiary/aromatic N) is 2. The zero-order valence-corrected chi connectivity index (χ0v) is 10.8. The minimum atomic E-state index is -4.77. The van der Waals surface area contributed by atoms with Gasteiger partial charge >= 0.3 is 12.1 Å². The molecule has 1 amide bonds. The van der Waals surface area contributed by atoms with Crippen molar-refractivity contribution < 1.29 is 27.9 Å². The molecule has 0 aliphatic rings. The highest BCUT2D eigenvalue weighted by atomic mass is 19.4. The van der Waals surface area contributed by atoms with Crippen LogP contribution in [0, 0.1) is 0 Å². The molecule has 0 aliphatic carbocycles. The van der Waals surface area contributed by atoms with Crippen molar-refractivity contribution in [3.8, 4) is 0 Å². The Hall–Kier alpha value is -2.97. The summed E-state index contributed by atoms with van der Waals surface area (Å²) >= 11 is 0. The Balaban J connectivity index is 2.25. The quantitative estimate of drug-likeness (QED) is 0.908. The molecule has 0 saturated carbocycles. The van der Waals surface area contributed by atoms with Crippen LogP contribution in [-0.4, -0.2) is 27.0 Å². The lowest BCUT2D eigenvalue weighted by Gasteiger charge is -2.11. The highest BCUT2D eigenvalue weighted by molar-refractivity contribution is 6.04. The fourth-order valence-corrected chi connectivity index (χ4v) is 1.59. The molecule has 0 radical (unpaired) electrons. The van der Waals surface area contributed by atoms with Crippen LogP contribution in [0.25, 0.3) is 0 Å². The number of pyridine rings is 2. The third-order valence-electron chi connectivity index (χ3n) is 2.57. The maximum Gasteiger partial charge on any atom is 0.434 e. The maximum absolute atomic E-state index is 12.8. The van der Waals surface area contributed by atoms with E-state index in [9.17, 15) is 22.8 Å². The van der Waals surface area contributed by atoms with Crippen molar-refractivity contribution in [2.75, 3.05) is 5.32 Å². The topological polar surface area (TPSA) is 92.2 Å². The second-order valence-electron chi connectivity index (χ2n) is 4.09. The van der Waals surface area contributed by atoms with Gasteiger partial charge in [0.25, 0.3) is 5.91 Å². The van der Waals surface area contributed by atoms with Gasteiger partial charge in [-0.05, 0) is 24.3 Å². The maximum atomic E-state index is 12.8. The number of carbonyl (C=O) groups is 2. The first-order valence-corrected chi connectivity index (χ1v) is 5.82. The van der Waals surface area contributed by atoms with E-state index in [0.717, 1.165) is 18.5 Å². The number of alkyl halides is 3. The molecule has 22 heavy (non-hydrogen) atoms. The third kappa shape index (κ3) is 3.37. The van der Waals surface area contributed by atoms with Gasteiger partial charge in [0.15, 0.2) is 5.69 Å². The fourth-order valence-electron chi connectivity index (χ4n) is 1.59. The van der Waals surface area contributed by atoms with Crippen LogP contribution in [0.2, 0.25) is 0 Å². The van der Waals surface area contributed by atoms with Crippen molar-refractivity contribution in [1.82, 2.24) is 9.97 Å². The number of nitrogens with one attached hydrogen (secondary N) is 1. The van der Waals surface area contributed by atoms with Crippen LogP contribution >= 0.6 is 0 Å². The first kappa shape index (κ1) is 15.4. The highest BCUT2D eigenvalue weighted by Gasteiger charge is 2.36. The Morgan fingerprint density at radius 1 is 1.14 bits per heavy atom. The van der Waals surface area contributed by atoms with Gasteiger partial charge in [-0.15, -0.1) is 0 Å².